The second kappa shape index (κ2) is 11.9. The van der Waals surface area contributed by atoms with Crippen molar-refractivity contribution < 1.29 is 14.3 Å². The summed E-state index contributed by atoms with van der Waals surface area (Å²) in [6, 6.07) is 24.6. The number of hydrogen-bond donors (Lipinski definition) is 0. The van der Waals surface area contributed by atoms with E-state index in [-0.39, 0.29) is 12.0 Å². The van der Waals surface area contributed by atoms with Gasteiger partial charge in [-0.2, -0.15) is 5.26 Å². The molecule has 0 radical (unpaired) electrons. The second-order valence-corrected chi connectivity index (χ2v) is 8.92. The Morgan fingerprint density at radius 2 is 1.74 bits per heavy atom. The fourth-order valence-corrected chi connectivity index (χ4v) is 4.24. The molecule has 1 aliphatic heterocycles. The number of carbonyl (C=O) groups excluding carboxylic acids is 1. The quantitative estimate of drug-likeness (QED) is 0.448. The van der Waals surface area contributed by atoms with Crippen molar-refractivity contribution in [1.82, 2.24) is 9.80 Å². The molecule has 1 atom stereocenters. The molecular weight excluding hydrogens is 462 g/mol. The highest BCUT2D eigenvalue weighted by Crippen LogP contribution is 2.25. The fraction of sp³-hybridized carbons (Fsp3) is 0.286. The van der Waals surface area contributed by atoms with E-state index in [9.17, 15) is 4.79 Å². The number of ether oxygens (including phenoxy) is 2. The van der Waals surface area contributed by atoms with Gasteiger partial charge < -0.3 is 14.4 Å². The first-order valence-corrected chi connectivity index (χ1v) is 12.0. The zero-order valence-electron chi connectivity index (χ0n) is 19.7. The van der Waals surface area contributed by atoms with Crippen LogP contribution in [0.5, 0.6) is 5.75 Å². The Morgan fingerprint density at radius 1 is 1.03 bits per heavy atom. The third-order valence-corrected chi connectivity index (χ3v) is 6.43. The van der Waals surface area contributed by atoms with Gasteiger partial charge in [0, 0.05) is 43.3 Å². The molecular formula is C28H28ClN3O3. The average molecular weight is 490 g/mol. The first-order chi connectivity index (χ1) is 17.1. The van der Waals surface area contributed by atoms with Crippen LogP contribution < -0.4 is 4.74 Å². The number of halogens is 1. The van der Waals surface area contributed by atoms with Gasteiger partial charge in [-0.1, -0.05) is 35.9 Å². The molecule has 6 nitrogen and oxygen atoms in total. The standard InChI is InChI=1S/C28H28ClN3O3/c1-34-26-4-2-3-24(17-26)27(35-20-22-7-5-21(18-30)6-8-22)19-31-13-15-32(16-14-31)28(33)23-9-11-25(29)12-10-23/h2-12,17,27H,13-16,19-20H2,1H3. The first kappa shape index (κ1) is 24.7. The number of amides is 1. The fourth-order valence-electron chi connectivity index (χ4n) is 4.11. The number of nitriles is 1. The lowest BCUT2D eigenvalue weighted by Gasteiger charge is -2.36. The summed E-state index contributed by atoms with van der Waals surface area (Å²) in [5.41, 5.74) is 3.33. The van der Waals surface area contributed by atoms with E-state index in [1.807, 2.05) is 41.3 Å². The molecule has 1 heterocycles. The Hall–Kier alpha value is -3.37. The molecule has 1 fully saturated rings. The predicted molar refractivity (Wildman–Crippen MR) is 135 cm³/mol. The summed E-state index contributed by atoms with van der Waals surface area (Å²) >= 11 is 5.95. The van der Waals surface area contributed by atoms with Crippen LogP contribution in [0.4, 0.5) is 0 Å². The van der Waals surface area contributed by atoms with Crippen molar-refractivity contribution in [1.29, 1.82) is 5.26 Å². The summed E-state index contributed by atoms with van der Waals surface area (Å²) in [6.07, 6.45) is -0.167. The van der Waals surface area contributed by atoms with Gasteiger partial charge in [-0.15, -0.1) is 0 Å². The zero-order valence-corrected chi connectivity index (χ0v) is 20.4. The van der Waals surface area contributed by atoms with Crippen LogP contribution in [0.25, 0.3) is 0 Å². The zero-order chi connectivity index (χ0) is 24.6. The number of benzene rings is 3. The van der Waals surface area contributed by atoms with Crippen molar-refractivity contribution in [2.75, 3.05) is 39.8 Å². The Morgan fingerprint density at radius 3 is 2.40 bits per heavy atom. The maximum atomic E-state index is 12.8. The maximum absolute atomic E-state index is 12.8. The molecule has 1 unspecified atom stereocenters. The summed E-state index contributed by atoms with van der Waals surface area (Å²) < 4.78 is 11.8. The van der Waals surface area contributed by atoms with Gasteiger partial charge in [0.2, 0.25) is 0 Å². The van der Waals surface area contributed by atoms with Crippen molar-refractivity contribution in [3.63, 3.8) is 0 Å². The molecule has 0 N–H and O–H groups in total. The van der Waals surface area contributed by atoms with Crippen molar-refractivity contribution in [2.24, 2.45) is 0 Å². The molecule has 7 heteroatoms. The molecule has 3 aromatic carbocycles. The summed E-state index contributed by atoms with van der Waals surface area (Å²) in [6.45, 7) is 3.97. The molecule has 35 heavy (non-hydrogen) atoms. The first-order valence-electron chi connectivity index (χ1n) is 11.6. The summed E-state index contributed by atoms with van der Waals surface area (Å²) in [7, 11) is 1.66. The summed E-state index contributed by atoms with van der Waals surface area (Å²) in [5.74, 6) is 0.815. The van der Waals surface area contributed by atoms with Gasteiger partial charge in [0.05, 0.1) is 31.5 Å². The highest BCUT2D eigenvalue weighted by Gasteiger charge is 2.25. The lowest BCUT2D eigenvalue weighted by Crippen LogP contribution is -2.49. The third kappa shape index (κ3) is 6.61. The number of carbonyl (C=O) groups is 1. The van der Waals surface area contributed by atoms with Crippen LogP contribution in [0.1, 0.15) is 33.2 Å². The van der Waals surface area contributed by atoms with E-state index in [1.54, 1.807) is 43.5 Å². The highest BCUT2D eigenvalue weighted by molar-refractivity contribution is 6.30. The SMILES string of the molecule is COc1cccc(C(CN2CCN(C(=O)c3ccc(Cl)cc3)CC2)OCc2ccc(C#N)cc2)c1. The van der Waals surface area contributed by atoms with Gasteiger partial charge in [0.15, 0.2) is 0 Å². The van der Waals surface area contributed by atoms with Crippen LogP contribution in [0, 0.1) is 11.3 Å². The van der Waals surface area contributed by atoms with Gasteiger partial charge in [-0.25, -0.2) is 0 Å². The van der Waals surface area contributed by atoms with E-state index in [2.05, 4.69) is 11.0 Å². The van der Waals surface area contributed by atoms with Gasteiger partial charge in [-0.05, 0) is 59.7 Å². The molecule has 3 aromatic rings. The maximum Gasteiger partial charge on any atom is 0.253 e. The lowest BCUT2D eigenvalue weighted by atomic mass is 10.1. The predicted octanol–water partition coefficient (Wildman–Crippen LogP) is 4.94. The molecule has 1 saturated heterocycles. The van der Waals surface area contributed by atoms with Crippen molar-refractivity contribution in [2.45, 2.75) is 12.7 Å². The molecule has 180 valence electrons. The van der Waals surface area contributed by atoms with E-state index in [1.165, 1.54) is 0 Å². The largest absolute Gasteiger partial charge is 0.497 e. The lowest BCUT2D eigenvalue weighted by molar-refractivity contribution is 0.00333. The van der Waals surface area contributed by atoms with E-state index >= 15 is 0 Å². The molecule has 0 bridgehead atoms. The van der Waals surface area contributed by atoms with Gasteiger partial charge >= 0.3 is 0 Å². The van der Waals surface area contributed by atoms with E-state index in [0.29, 0.717) is 42.4 Å². The normalized spacial score (nSPS) is 14.8. The highest BCUT2D eigenvalue weighted by atomic mass is 35.5. The minimum Gasteiger partial charge on any atom is -0.497 e. The summed E-state index contributed by atoms with van der Waals surface area (Å²) in [4.78, 5) is 17.1. The summed E-state index contributed by atoms with van der Waals surface area (Å²) in [5, 5.41) is 9.65. The molecule has 0 saturated carbocycles. The topological polar surface area (TPSA) is 65.8 Å². The number of nitrogens with zero attached hydrogens (tertiary/aromatic N) is 3. The van der Waals surface area contributed by atoms with Gasteiger partial charge in [0.1, 0.15) is 5.75 Å². The molecule has 1 aliphatic rings. The van der Waals surface area contributed by atoms with Crippen molar-refractivity contribution in [3.05, 3.63) is 100 Å². The van der Waals surface area contributed by atoms with Gasteiger partial charge in [0.25, 0.3) is 5.91 Å². The minimum atomic E-state index is -0.167. The molecule has 0 spiro atoms. The van der Waals surface area contributed by atoms with E-state index < -0.39 is 0 Å². The van der Waals surface area contributed by atoms with Crippen LogP contribution in [0.3, 0.4) is 0 Å². The Bertz CT molecular complexity index is 1170. The van der Waals surface area contributed by atoms with E-state index in [0.717, 1.165) is 30.0 Å². The van der Waals surface area contributed by atoms with Crippen LogP contribution in [-0.4, -0.2) is 55.5 Å². The van der Waals surface area contributed by atoms with Crippen LogP contribution in [0.15, 0.2) is 72.8 Å². The van der Waals surface area contributed by atoms with Crippen LogP contribution in [0.2, 0.25) is 5.02 Å². The van der Waals surface area contributed by atoms with Crippen molar-refractivity contribution >= 4 is 17.5 Å². The minimum absolute atomic E-state index is 0.0303. The molecule has 0 aliphatic carbocycles. The van der Waals surface area contributed by atoms with E-state index in [4.69, 9.17) is 26.3 Å². The second-order valence-electron chi connectivity index (χ2n) is 8.48. The monoisotopic (exact) mass is 489 g/mol. The Balaban J connectivity index is 1.40. The van der Waals surface area contributed by atoms with Crippen molar-refractivity contribution in [3.8, 4) is 11.8 Å². The Kier molecular flexibility index (Phi) is 8.38. The number of methoxy groups -OCH3 is 1. The Labute approximate surface area is 211 Å². The van der Waals surface area contributed by atoms with Gasteiger partial charge in [-0.3, -0.25) is 9.69 Å². The van der Waals surface area contributed by atoms with Crippen LogP contribution >= 0.6 is 11.6 Å². The average Bonchev–Trinajstić information content (AvgIpc) is 2.91. The molecule has 4 rings (SSSR count). The number of hydrogen-bond acceptors (Lipinski definition) is 5. The number of piperazine rings is 1. The van der Waals surface area contributed by atoms with Crippen LogP contribution in [-0.2, 0) is 11.3 Å². The third-order valence-electron chi connectivity index (χ3n) is 6.17. The number of rotatable bonds is 8. The molecule has 1 amide bonds. The molecule has 0 aromatic heterocycles. The smallest absolute Gasteiger partial charge is 0.253 e.